The van der Waals surface area contributed by atoms with Gasteiger partial charge in [0.1, 0.15) is 0 Å². The highest BCUT2D eigenvalue weighted by atomic mass is 35.5. The summed E-state index contributed by atoms with van der Waals surface area (Å²) in [6.07, 6.45) is 1.45. The molecule has 0 saturated heterocycles. The Balaban J connectivity index is 1.64. The fraction of sp³-hybridized carbons (Fsp3) is 0.100. The van der Waals surface area contributed by atoms with Crippen molar-refractivity contribution in [2.45, 2.75) is 16.7 Å². The molecule has 0 aliphatic heterocycles. The molecule has 0 spiro atoms. The molecule has 0 unspecified atom stereocenters. The van der Waals surface area contributed by atoms with Crippen LogP contribution in [0.25, 0.3) is 0 Å². The van der Waals surface area contributed by atoms with Gasteiger partial charge in [-0.2, -0.15) is 0 Å². The van der Waals surface area contributed by atoms with Crippen LogP contribution in [-0.4, -0.2) is 35.8 Å². The van der Waals surface area contributed by atoms with Gasteiger partial charge in [0.25, 0.3) is 26.0 Å². The molecule has 0 bridgehead atoms. The molecule has 4 rings (SSSR count). The molecule has 42 heavy (non-hydrogen) atoms. The van der Waals surface area contributed by atoms with E-state index in [-0.39, 0.29) is 39.2 Å². The molecule has 1 N–H and O–H groups in total. The van der Waals surface area contributed by atoms with Gasteiger partial charge in [-0.15, -0.1) is 6.58 Å². The van der Waals surface area contributed by atoms with Crippen molar-refractivity contribution in [1.29, 1.82) is 0 Å². The van der Waals surface area contributed by atoms with Crippen LogP contribution < -0.4 is 13.9 Å². The topological polar surface area (TPSA) is 104 Å². The van der Waals surface area contributed by atoms with Crippen molar-refractivity contribution in [1.82, 2.24) is 0 Å². The van der Waals surface area contributed by atoms with E-state index in [2.05, 4.69) is 11.9 Å². The number of carbonyl (C=O) groups is 1. The smallest absolute Gasteiger partial charge is 0.264 e. The second-order valence-electron chi connectivity index (χ2n) is 8.93. The number of sulfonamides is 2. The first-order valence-electron chi connectivity index (χ1n) is 12.7. The number of anilines is 3. The van der Waals surface area contributed by atoms with Gasteiger partial charge in [0.2, 0.25) is 0 Å². The van der Waals surface area contributed by atoms with Gasteiger partial charge in [0.15, 0.2) is 0 Å². The first-order valence-corrected chi connectivity index (χ1v) is 16.3. The molecular formula is C30H27Cl2N3O5S2. The third-order valence-electron chi connectivity index (χ3n) is 6.20. The van der Waals surface area contributed by atoms with Crippen LogP contribution in [0, 0.1) is 0 Å². The van der Waals surface area contributed by atoms with E-state index in [0.717, 1.165) is 4.31 Å². The monoisotopic (exact) mass is 643 g/mol. The van der Waals surface area contributed by atoms with Crippen molar-refractivity contribution in [3.8, 4) is 0 Å². The van der Waals surface area contributed by atoms with Crippen LogP contribution in [0.3, 0.4) is 0 Å². The number of benzene rings is 4. The molecule has 0 fully saturated rings. The lowest BCUT2D eigenvalue weighted by atomic mass is 10.2. The number of rotatable bonds is 11. The van der Waals surface area contributed by atoms with Gasteiger partial charge in [0, 0.05) is 17.1 Å². The maximum absolute atomic E-state index is 13.6. The number of hydrogen-bond acceptors (Lipinski definition) is 5. The van der Waals surface area contributed by atoms with E-state index in [1.165, 1.54) is 52.8 Å². The predicted molar refractivity (Wildman–Crippen MR) is 169 cm³/mol. The highest BCUT2D eigenvalue weighted by Crippen LogP contribution is 2.30. The van der Waals surface area contributed by atoms with Gasteiger partial charge in [-0.25, -0.2) is 16.8 Å². The Morgan fingerprint density at radius 1 is 0.786 bits per heavy atom. The van der Waals surface area contributed by atoms with Crippen LogP contribution in [0.1, 0.15) is 17.3 Å². The van der Waals surface area contributed by atoms with Crippen molar-refractivity contribution in [2.75, 3.05) is 27.0 Å². The van der Waals surface area contributed by atoms with Gasteiger partial charge in [0.05, 0.1) is 38.4 Å². The molecule has 1 amide bonds. The quantitative estimate of drug-likeness (QED) is 0.180. The first kappa shape index (κ1) is 31.1. The predicted octanol–water partition coefficient (Wildman–Crippen LogP) is 6.84. The Hall–Kier alpha value is -3.83. The number of nitrogens with zero attached hydrogens (tertiary/aromatic N) is 2. The number of amides is 1. The zero-order valence-electron chi connectivity index (χ0n) is 22.4. The number of para-hydroxylation sites is 1. The SMILES string of the molecule is C=CCN(c1ccc(Cl)cc1)S(=O)(=O)c1cccc(C(=O)Nc2cc(S(=O)(=O)N(CC)c3ccccc3)ccc2Cl)c1. The van der Waals surface area contributed by atoms with Crippen LogP contribution in [0.15, 0.2) is 120 Å². The van der Waals surface area contributed by atoms with Crippen LogP contribution >= 0.6 is 23.2 Å². The zero-order chi connectivity index (χ0) is 30.5. The van der Waals surface area contributed by atoms with E-state index in [9.17, 15) is 21.6 Å². The lowest BCUT2D eigenvalue weighted by molar-refractivity contribution is 0.102. The van der Waals surface area contributed by atoms with E-state index < -0.39 is 26.0 Å². The molecule has 0 radical (unpaired) electrons. The highest BCUT2D eigenvalue weighted by Gasteiger charge is 2.27. The zero-order valence-corrected chi connectivity index (χ0v) is 25.6. The molecule has 0 aliphatic carbocycles. The summed E-state index contributed by atoms with van der Waals surface area (Å²) in [6.45, 7) is 5.53. The van der Waals surface area contributed by atoms with E-state index in [0.29, 0.717) is 16.4 Å². The fourth-order valence-corrected chi connectivity index (χ4v) is 7.43. The summed E-state index contributed by atoms with van der Waals surface area (Å²) >= 11 is 12.3. The van der Waals surface area contributed by atoms with Gasteiger partial charge >= 0.3 is 0 Å². The summed E-state index contributed by atoms with van der Waals surface area (Å²) < 4.78 is 56.5. The summed E-state index contributed by atoms with van der Waals surface area (Å²) in [5.41, 5.74) is 0.933. The Kier molecular flexibility index (Phi) is 9.63. The van der Waals surface area contributed by atoms with E-state index in [4.69, 9.17) is 23.2 Å². The molecule has 12 heteroatoms. The third kappa shape index (κ3) is 6.63. The Labute approximate surface area is 255 Å². The van der Waals surface area contributed by atoms with Crippen molar-refractivity contribution in [3.05, 3.63) is 125 Å². The average molecular weight is 645 g/mol. The molecule has 8 nitrogen and oxygen atoms in total. The molecule has 0 atom stereocenters. The van der Waals surface area contributed by atoms with Crippen molar-refractivity contribution < 1.29 is 21.6 Å². The average Bonchev–Trinajstić information content (AvgIpc) is 2.98. The van der Waals surface area contributed by atoms with Crippen LogP contribution in [0.4, 0.5) is 17.1 Å². The molecule has 4 aromatic carbocycles. The minimum Gasteiger partial charge on any atom is -0.321 e. The van der Waals surface area contributed by atoms with E-state index in [1.807, 2.05) is 0 Å². The van der Waals surface area contributed by atoms with E-state index >= 15 is 0 Å². The fourth-order valence-electron chi connectivity index (χ4n) is 4.16. The van der Waals surface area contributed by atoms with Crippen LogP contribution in [0.5, 0.6) is 0 Å². The second kappa shape index (κ2) is 13.0. The highest BCUT2D eigenvalue weighted by molar-refractivity contribution is 7.93. The van der Waals surface area contributed by atoms with Gasteiger partial charge < -0.3 is 5.32 Å². The number of carbonyl (C=O) groups excluding carboxylic acids is 1. The maximum Gasteiger partial charge on any atom is 0.264 e. The molecule has 0 aliphatic rings. The van der Waals surface area contributed by atoms with Gasteiger partial charge in [-0.05, 0) is 79.7 Å². The lowest BCUT2D eigenvalue weighted by Gasteiger charge is -2.23. The standard InChI is InChI=1S/C30H27Cl2N3O5S2/c1-3-19-35(25-15-13-23(31)14-16-25)42(39,40)26-12-8-9-22(20-26)30(36)33-29-21-27(17-18-28(29)32)41(37,38)34(4-2)24-10-6-5-7-11-24/h3,5-18,20-21H,1,4,19H2,2H3,(H,33,36). The summed E-state index contributed by atoms with van der Waals surface area (Å²) in [7, 11) is -8.09. The number of nitrogens with one attached hydrogen (secondary N) is 1. The molecule has 218 valence electrons. The Morgan fingerprint density at radius 2 is 1.40 bits per heavy atom. The minimum absolute atomic E-state index is 0.0188. The molecule has 0 heterocycles. The molecule has 4 aromatic rings. The van der Waals surface area contributed by atoms with Gasteiger partial charge in [-0.1, -0.05) is 53.5 Å². The first-order chi connectivity index (χ1) is 20.0. The lowest BCUT2D eigenvalue weighted by Crippen LogP contribution is -2.31. The second-order valence-corrected chi connectivity index (χ2v) is 13.5. The van der Waals surface area contributed by atoms with Crippen molar-refractivity contribution >= 4 is 66.2 Å². The normalized spacial score (nSPS) is 11.5. The summed E-state index contributed by atoms with van der Waals surface area (Å²) in [5.74, 6) is -0.680. The third-order valence-corrected chi connectivity index (χ3v) is 10.5. The number of hydrogen-bond donors (Lipinski definition) is 1. The largest absolute Gasteiger partial charge is 0.321 e. The molecule has 0 aromatic heterocycles. The van der Waals surface area contributed by atoms with Crippen molar-refractivity contribution in [2.24, 2.45) is 0 Å². The summed E-state index contributed by atoms with van der Waals surface area (Å²) in [5, 5.41) is 3.17. The van der Waals surface area contributed by atoms with Crippen LogP contribution in [0.2, 0.25) is 10.0 Å². The minimum atomic E-state index is -4.10. The van der Waals surface area contributed by atoms with Crippen molar-refractivity contribution in [3.63, 3.8) is 0 Å². The Morgan fingerprint density at radius 3 is 2.05 bits per heavy atom. The number of halogens is 2. The van der Waals surface area contributed by atoms with Crippen LogP contribution in [-0.2, 0) is 20.0 Å². The van der Waals surface area contributed by atoms with Gasteiger partial charge in [-0.3, -0.25) is 13.4 Å². The Bertz CT molecular complexity index is 1820. The molecular weight excluding hydrogens is 617 g/mol. The summed E-state index contributed by atoms with van der Waals surface area (Å²) in [4.78, 5) is 13.0. The summed E-state index contributed by atoms with van der Waals surface area (Å²) in [6, 6.07) is 24.4. The van der Waals surface area contributed by atoms with E-state index in [1.54, 1.807) is 61.5 Å². The maximum atomic E-state index is 13.6. The molecule has 0 saturated carbocycles.